The van der Waals surface area contributed by atoms with Gasteiger partial charge in [0.15, 0.2) is 0 Å². The van der Waals surface area contributed by atoms with Crippen LogP contribution in [0.5, 0.6) is 0 Å². The zero-order valence-corrected chi connectivity index (χ0v) is 13.7. The number of carbonyl (C=O) groups excluding carboxylic acids is 1. The highest BCUT2D eigenvalue weighted by molar-refractivity contribution is 5.84. The molecule has 2 rings (SSSR count). The average molecular weight is 302 g/mol. The van der Waals surface area contributed by atoms with Gasteiger partial charge in [0.2, 0.25) is 0 Å². The van der Waals surface area contributed by atoms with E-state index in [1.165, 1.54) is 0 Å². The van der Waals surface area contributed by atoms with Crippen molar-refractivity contribution in [3.8, 4) is 0 Å². The molecule has 0 saturated heterocycles. The molecule has 2 aromatic heterocycles. The van der Waals surface area contributed by atoms with E-state index in [9.17, 15) is 4.79 Å². The molecule has 2 heterocycles. The Bertz CT molecular complexity index is 710. The van der Waals surface area contributed by atoms with Gasteiger partial charge in [0.05, 0.1) is 17.6 Å². The van der Waals surface area contributed by atoms with E-state index in [4.69, 9.17) is 0 Å². The van der Waals surface area contributed by atoms with Crippen LogP contribution >= 0.6 is 0 Å². The van der Waals surface area contributed by atoms with Crippen LogP contribution in [0.15, 0.2) is 11.2 Å². The van der Waals surface area contributed by atoms with Gasteiger partial charge in [-0.3, -0.25) is 14.2 Å². The Labute approximate surface area is 130 Å². The summed E-state index contributed by atoms with van der Waals surface area (Å²) < 4.78 is 3.57. The first kappa shape index (κ1) is 15.9. The summed E-state index contributed by atoms with van der Waals surface area (Å²) in [4.78, 5) is 11.9. The lowest BCUT2D eigenvalue weighted by Gasteiger charge is -2.02. The standard InChI is InChI=1S/C15H22N6O/c1-6-20-13(5)14(12(4)19-20)8-16-17-15(22)9-21-11(3)7-10(2)18-21/h7-8H,6,9H2,1-5H3,(H,17,22)/b16-8-. The predicted molar refractivity (Wildman–Crippen MR) is 84.8 cm³/mol. The summed E-state index contributed by atoms with van der Waals surface area (Å²) in [7, 11) is 0. The van der Waals surface area contributed by atoms with E-state index in [1.54, 1.807) is 10.9 Å². The molecule has 0 saturated carbocycles. The Morgan fingerprint density at radius 3 is 2.55 bits per heavy atom. The highest BCUT2D eigenvalue weighted by Gasteiger charge is 2.09. The minimum Gasteiger partial charge on any atom is -0.271 e. The second kappa shape index (κ2) is 6.55. The summed E-state index contributed by atoms with van der Waals surface area (Å²) in [6.07, 6.45) is 1.64. The number of aryl methyl sites for hydroxylation is 4. The van der Waals surface area contributed by atoms with Crippen LogP contribution in [0, 0.1) is 27.7 Å². The molecule has 7 nitrogen and oxygen atoms in total. The minimum absolute atomic E-state index is 0.156. The molecule has 0 aromatic carbocycles. The van der Waals surface area contributed by atoms with E-state index in [2.05, 4.69) is 20.7 Å². The molecule has 0 aliphatic carbocycles. The van der Waals surface area contributed by atoms with E-state index in [0.29, 0.717) is 0 Å². The van der Waals surface area contributed by atoms with Crippen molar-refractivity contribution in [2.45, 2.75) is 47.7 Å². The van der Waals surface area contributed by atoms with E-state index in [-0.39, 0.29) is 12.5 Å². The third kappa shape index (κ3) is 3.41. The highest BCUT2D eigenvalue weighted by atomic mass is 16.2. The second-order valence-electron chi connectivity index (χ2n) is 5.28. The molecule has 22 heavy (non-hydrogen) atoms. The Morgan fingerprint density at radius 1 is 1.27 bits per heavy atom. The Kier molecular flexibility index (Phi) is 4.75. The van der Waals surface area contributed by atoms with Crippen LogP contribution in [-0.4, -0.2) is 31.7 Å². The molecular weight excluding hydrogens is 280 g/mol. The van der Waals surface area contributed by atoms with Crippen molar-refractivity contribution < 1.29 is 4.79 Å². The van der Waals surface area contributed by atoms with Crippen molar-refractivity contribution in [3.63, 3.8) is 0 Å². The number of nitrogens with one attached hydrogen (secondary N) is 1. The van der Waals surface area contributed by atoms with E-state index in [0.717, 1.165) is 34.9 Å². The van der Waals surface area contributed by atoms with Crippen molar-refractivity contribution >= 4 is 12.1 Å². The number of nitrogens with zero attached hydrogens (tertiary/aromatic N) is 5. The molecule has 0 spiro atoms. The number of hydrogen-bond acceptors (Lipinski definition) is 4. The zero-order valence-electron chi connectivity index (χ0n) is 13.7. The van der Waals surface area contributed by atoms with E-state index in [1.807, 2.05) is 45.4 Å². The fourth-order valence-corrected chi connectivity index (χ4v) is 2.38. The lowest BCUT2D eigenvalue weighted by Crippen LogP contribution is -2.24. The van der Waals surface area contributed by atoms with Gasteiger partial charge in [0.1, 0.15) is 6.54 Å². The molecule has 0 aliphatic rings. The number of rotatable bonds is 5. The first-order valence-electron chi connectivity index (χ1n) is 7.29. The van der Waals surface area contributed by atoms with Crippen LogP contribution in [0.4, 0.5) is 0 Å². The summed E-state index contributed by atoms with van der Waals surface area (Å²) in [5.74, 6) is -0.208. The maximum Gasteiger partial charge on any atom is 0.261 e. The average Bonchev–Trinajstić information content (AvgIpc) is 2.91. The Morgan fingerprint density at radius 2 is 2.00 bits per heavy atom. The maximum atomic E-state index is 11.9. The molecule has 1 amide bonds. The molecule has 118 valence electrons. The summed E-state index contributed by atoms with van der Waals surface area (Å²) in [6, 6.07) is 1.93. The fraction of sp³-hybridized carbons (Fsp3) is 0.467. The monoisotopic (exact) mass is 302 g/mol. The number of aromatic nitrogens is 4. The van der Waals surface area contributed by atoms with Gasteiger partial charge in [-0.25, -0.2) is 5.43 Å². The largest absolute Gasteiger partial charge is 0.271 e. The summed E-state index contributed by atoms with van der Waals surface area (Å²) in [6.45, 7) is 10.7. The molecule has 0 radical (unpaired) electrons. The maximum absolute atomic E-state index is 11.9. The van der Waals surface area contributed by atoms with Gasteiger partial charge in [0, 0.05) is 23.5 Å². The molecular formula is C15H22N6O. The van der Waals surface area contributed by atoms with Crippen LogP contribution in [-0.2, 0) is 17.9 Å². The van der Waals surface area contributed by atoms with Crippen LogP contribution in [0.3, 0.4) is 0 Å². The van der Waals surface area contributed by atoms with Gasteiger partial charge in [-0.05, 0) is 40.7 Å². The van der Waals surface area contributed by atoms with Gasteiger partial charge >= 0.3 is 0 Å². The number of carbonyl (C=O) groups is 1. The van der Waals surface area contributed by atoms with Gasteiger partial charge in [-0.1, -0.05) is 0 Å². The SMILES string of the molecule is CCn1nc(C)c(/C=N\NC(=O)Cn2nc(C)cc2C)c1C. The smallest absolute Gasteiger partial charge is 0.261 e. The van der Waals surface area contributed by atoms with Crippen molar-refractivity contribution in [1.29, 1.82) is 0 Å². The summed E-state index contributed by atoms with van der Waals surface area (Å²) in [5.41, 5.74) is 7.25. The summed E-state index contributed by atoms with van der Waals surface area (Å²) >= 11 is 0. The van der Waals surface area contributed by atoms with Crippen LogP contribution in [0.1, 0.15) is 35.3 Å². The third-order valence-electron chi connectivity index (χ3n) is 3.52. The van der Waals surface area contributed by atoms with Crippen molar-refractivity contribution in [2.75, 3.05) is 0 Å². The lowest BCUT2D eigenvalue weighted by molar-refractivity contribution is -0.121. The zero-order chi connectivity index (χ0) is 16.3. The second-order valence-corrected chi connectivity index (χ2v) is 5.28. The Hall–Kier alpha value is -2.44. The number of hydrazone groups is 1. The highest BCUT2D eigenvalue weighted by Crippen LogP contribution is 2.10. The molecule has 0 bridgehead atoms. The van der Waals surface area contributed by atoms with E-state index >= 15 is 0 Å². The Balaban J connectivity index is 1.99. The van der Waals surface area contributed by atoms with Gasteiger partial charge in [-0.15, -0.1) is 0 Å². The molecule has 0 atom stereocenters. The third-order valence-corrected chi connectivity index (χ3v) is 3.52. The fourth-order valence-electron chi connectivity index (χ4n) is 2.38. The van der Waals surface area contributed by atoms with Crippen molar-refractivity contribution in [1.82, 2.24) is 25.0 Å². The molecule has 0 aliphatic heterocycles. The molecule has 1 N–H and O–H groups in total. The first-order chi connectivity index (χ1) is 10.4. The van der Waals surface area contributed by atoms with Gasteiger partial charge in [0.25, 0.3) is 5.91 Å². The van der Waals surface area contributed by atoms with Crippen LogP contribution in [0.25, 0.3) is 0 Å². The van der Waals surface area contributed by atoms with Crippen molar-refractivity contribution in [2.24, 2.45) is 5.10 Å². The lowest BCUT2D eigenvalue weighted by atomic mass is 10.2. The van der Waals surface area contributed by atoms with Crippen molar-refractivity contribution in [3.05, 3.63) is 34.4 Å². The van der Waals surface area contributed by atoms with Gasteiger partial charge < -0.3 is 0 Å². The molecule has 7 heteroatoms. The topological polar surface area (TPSA) is 77.1 Å². The number of amides is 1. The van der Waals surface area contributed by atoms with Crippen LogP contribution < -0.4 is 5.43 Å². The molecule has 0 fully saturated rings. The summed E-state index contributed by atoms with van der Waals surface area (Å²) in [5, 5.41) is 12.7. The predicted octanol–water partition coefficient (Wildman–Crippen LogP) is 1.48. The quantitative estimate of drug-likeness (QED) is 0.671. The van der Waals surface area contributed by atoms with Gasteiger partial charge in [-0.2, -0.15) is 15.3 Å². The minimum atomic E-state index is -0.208. The number of hydrogen-bond donors (Lipinski definition) is 1. The molecule has 0 unspecified atom stereocenters. The normalized spacial score (nSPS) is 11.3. The first-order valence-corrected chi connectivity index (χ1v) is 7.29. The van der Waals surface area contributed by atoms with Crippen LogP contribution in [0.2, 0.25) is 0 Å². The molecule has 2 aromatic rings. The van der Waals surface area contributed by atoms with E-state index < -0.39 is 0 Å².